The molecule has 0 aliphatic rings. The summed E-state index contributed by atoms with van der Waals surface area (Å²) in [4.78, 5) is 11.7. The summed E-state index contributed by atoms with van der Waals surface area (Å²) in [5.41, 5.74) is -1.27. The number of carbonyl (C=O) groups excluding carboxylic acids is 1. The quantitative estimate of drug-likeness (QED) is 0.758. The maximum atomic E-state index is 12.7. The molecule has 3 nitrogen and oxygen atoms in total. The predicted octanol–water partition coefficient (Wildman–Crippen LogP) is 2.99. The molecule has 20 heavy (non-hydrogen) atoms. The predicted molar refractivity (Wildman–Crippen MR) is 69.3 cm³/mol. The summed E-state index contributed by atoms with van der Waals surface area (Å²) in [5, 5.41) is 11.1. The second-order valence-corrected chi connectivity index (χ2v) is 4.44. The van der Waals surface area contributed by atoms with Crippen LogP contribution in [-0.4, -0.2) is 24.2 Å². The number of unbranched alkanes of at least 4 members (excludes halogenated alkanes) is 3. The molecule has 0 fully saturated rings. The first-order chi connectivity index (χ1) is 9.46. The Labute approximate surface area is 115 Å². The van der Waals surface area contributed by atoms with Crippen molar-refractivity contribution in [3.8, 4) is 0 Å². The summed E-state index contributed by atoms with van der Waals surface area (Å²) < 4.78 is 38.2. The third-order valence-electron chi connectivity index (χ3n) is 2.85. The van der Waals surface area contributed by atoms with Crippen molar-refractivity contribution >= 4 is 5.91 Å². The number of hydrogen-bond acceptors (Lipinski definition) is 2. The number of amides is 1. The van der Waals surface area contributed by atoms with Gasteiger partial charge in [0.15, 0.2) is 0 Å². The van der Waals surface area contributed by atoms with Gasteiger partial charge in [-0.2, -0.15) is 13.2 Å². The summed E-state index contributed by atoms with van der Waals surface area (Å²) in [6.07, 6.45) is -1.49. The molecule has 1 amide bonds. The molecule has 0 saturated heterocycles. The molecule has 0 aliphatic carbocycles. The van der Waals surface area contributed by atoms with E-state index in [0.717, 1.165) is 18.9 Å². The van der Waals surface area contributed by atoms with Crippen LogP contribution in [0.5, 0.6) is 0 Å². The first-order valence-electron chi connectivity index (χ1n) is 6.52. The summed E-state index contributed by atoms with van der Waals surface area (Å²) >= 11 is 0. The Morgan fingerprint density at radius 1 is 1.10 bits per heavy atom. The van der Waals surface area contributed by atoms with Crippen LogP contribution in [0.3, 0.4) is 0 Å². The van der Waals surface area contributed by atoms with Gasteiger partial charge >= 0.3 is 6.18 Å². The van der Waals surface area contributed by atoms with Crippen LogP contribution in [0.15, 0.2) is 24.3 Å². The van der Waals surface area contributed by atoms with E-state index in [4.69, 9.17) is 5.11 Å². The lowest BCUT2D eigenvalue weighted by atomic mass is 10.1. The van der Waals surface area contributed by atoms with E-state index in [9.17, 15) is 18.0 Å². The van der Waals surface area contributed by atoms with E-state index < -0.39 is 17.6 Å². The van der Waals surface area contributed by atoms with E-state index in [0.29, 0.717) is 19.4 Å². The van der Waals surface area contributed by atoms with Gasteiger partial charge in [-0.3, -0.25) is 4.79 Å². The Morgan fingerprint density at radius 3 is 2.40 bits per heavy atom. The van der Waals surface area contributed by atoms with Crippen LogP contribution in [0.25, 0.3) is 0 Å². The lowest BCUT2D eigenvalue weighted by Crippen LogP contribution is -2.27. The lowest BCUT2D eigenvalue weighted by molar-refractivity contribution is -0.137. The highest BCUT2D eigenvalue weighted by Gasteiger charge is 2.34. The molecular weight excluding hydrogens is 271 g/mol. The fraction of sp³-hybridized carbons (Fsp3) is 0.500. The van der Waals surface area contributed by atoms with Crippen molar-refractivity contribution < 1.29 is 23.1 Å². The van der Waals surface area contributed by atoms with E-state index in [1.807, 2.05) is 0 Å². The van der Waals surface area contributed by atoms with Crippen molar-refractivity contribution in [3.63, 3.8) is 0 Å². The molecule has 0 unspecified atom stereocenters. The van der Waals surface area contributed by atoms with Crippen molar-refractivity contribution in [3.05, 3.63) is 35.4 Å². The van der Waals surface area contributed by atoms with Gasteiger partial charge in [0, 0.05) is 13.2 Å². The summed E-state index contributed by atoms with van der Waals surface area (Å²) in [5.74, 6) is -0.708. The number of rotatable bonds is 7. The third kappa shape index (κ3) is 5.21. The van der Waals surface area contributed by atoms with Gasteiger partial charge in [0.1, 0.15) is 0 Å². The first kappa shape index (κ1) is 16.5. The van der Waals surface area contributed by atoms with E-state index in [-0.39, 0.29) is 12.2 Å². The van der Waals surface area contributed by atoms with Gasteiger partial charge in [-0.25, -0.2) is 0 Å². The second kappa shape index (κ2) is 7.89. The zero-order valence-electron chi connectivity index (χ0n) is 11.0. The highest BCUT2D eigenvalue weighted by atomic mass is 19.4. The molecule has 0 aromatic heterocycles. The zero-order chi connectivity index (χ0) is 15.0. The number of benzene rings is 1. The largest absolute Gasteiger partial charge is 0.417 e. The van der Waals surface area contributed by atoms with Gasteiger partial charge < -0.3 is 10.4 Å². The SMILES string of the molecule is O=C(NCCCCCCO)c1ccccc1C(F)(F)F. The molecule has 0 bridgehead atoms. The first-order valence-corrected chi connectivity index (χ1v) is 6.52. The lowest BCUT2D eigenvalue weighted by Gasteiger charge is -2.12. The topological polar surface area (TPSA) is 49.3 Å². The Hall–Kier alpha value is -1.56. The van der Waals surface area contributed by atoms with E-state index >= 15 is 0 Å². The number of nitrogens with one attached hydrogen (secondary N) is 1. The Morgan fingerprint density at radius 2 is 1.75 bits per heavy atom. The van der Waals surface area contributed by atoms with Crippen LogP contribution in [0, 0.1) is 0 Å². The third-order valence-corrected chi connectivity index (χ3v) is 2.85. The highest BCUT2D eigenvalue weighted by Crippen LogP contribution is 2.31. The van der Waals surface area contributed by atoms with Crippen LogP contribution in [0.1, 0.15) is 41.6 Å². The average molecular weight is 289 g/mol. The van der Waals surface area contributed by atoms with Gasteiger partial charge in [-0.1, -0.05) is 25.0 Å². The van der Waals surface area contributed by atoms with E-state index in [1.165, 1.54) is 18.2 Å². The molecule has 0 atom stereocenters. The number of alkyl halides is 3. The Balaban J connectivity index is 2.52. The van der Waals surface area contributed by atoms with Gasteiger partial charge in [-0.05, 0) is 25.0 Å². The number of aliphatic hydroxyl groups excluding tert-OH is 1. The summed E-state index contributed by atoms with van der Waals surface area (Å²) in [6.45, 7) is 0.460. The summed E-state index contributed by atoms with van der Waals surface area (Å²) in [6, 6.07) is 4.74. The van der Waals surface area contributed by atoms with Crippen molar-refractivity contribution in [1.82, 2.24) is 5.32 Å². The molecule has 0 spiro atoms. The van der Waals surface area contributed by atoms with Crippen LogP contribution in [-0.2, 0) is 6.18 Å². The maximum absolute atomic E-state index is 12.7. The molecule has 112 valence electrons. The van der Waals surface area contributed by atoms with Gasteiger partial charge in [-0.15, -0.1) is 0 Å². The van der Waals surface area contributed by atoms with Gasteiger partial charge in [0.25, 0.3) is 5.91 Å². The molecule has 6 heteroatoms. The van der Waals surface area contributed by atoms with Crippen molar-refractivity contribution in [2.24, 2.45) is 0 Å². The average Bonchev–Trinajstić information content (AvgIpc) is 2.41. The minimum atomic E-state index is -4.53. The zero-order valence-corrected chi connectivity index (χ0v) is 11.0. The summed E-state index contributed by atoms with van der Waals surface area (Å²) in [7, 11) is 0. The molecule has 0 saturated carbocycles. The number of hydrogen-bond donors (Lipinski definition) is 2. The smallest absolute Gasteiger partial charge is 0.396 e. The van der Waals surface area contributed by atoms with E-state index in [1.54, 1.807) is 0 Å². The fourth-order valence-corrected chi connectivity index (χ4v) is 1.82. The molecular formula is C14H18F3NO2. The van der Waals surface area contributed by atoms with Crippen LogP contribution < -0.4 is 5.32 Å². The normalized spacial score (nSPS) is 11.4. The standard InChI is InChI=1S/C14H18F3NO2/c15-14(16,17)12-8-4-3-7-11(12)13(20)18-9-5-1-2-6-10-19/h3-4,7-8,19H,1-2,5-6,9-10H2,(H,18,20). The second-order valence-electron chi connectivity index (χ2n) is 4.44. The van der Waals surface area contributed by atoms with Crippen molar-refractivity contribution in [2.75, 3.05) is 13.2 Å². The monoisotopic (exact) mass is 289 g/mol. The van der Waals surface area contributed by atoms with Crippen molar-refractivity contribution in [1.29, 1.82) is 0 Å². The highest BCUT2D eigenvalue weighted by molar-refractivity contribution is 5.95. The van der Waals surface area contributed by atoms with E-state index in [2.05, 4.69) is 5.32 Å². The molecule has 1 rings (SSSR count). The Kier molecular flexibility index (Phi) is 6.51. The molecule has 2 N–H and O–H groups in total. The molecule has 1 aromatic rings. The van der Waals surface area contributed by atoms with Crippen molar-refractivity contribution in [2.45, 2.75) is 31.9 Å². The van der Waals surface area contributed by atoms with Gasteiger partial charge in [0.2, 0.25) is 0 Å². The number of aliphatic hydroxyl groups is 1. The minimum Gasteiger partial charge on any atom is -0.396 e. The molecule has 0 radical (unpaired) electrons. The maximum Gasteiger partial charge on any atom is 0.417 e. The van der Waals surface area contributed by atoms with Gasteiger partial charge in [0.05, 0.1) is 11.1 Å². The molecule has 0 heterocycles. The minimum absolute atomic E-state index is 0.130. The van der Waals surface area contributed by atoms with Crippen LogP contribution in [0.2, 0.25) is 0 Å². The number of halogens is 3. The number of carbonyl (C=O) groups is 1. The molecule has 1 aromatic carbocycles. The fourth-order valence-electron chi connectivity index (χ4n) is 1.82. The Bertz CT molecular complexity index is 433. The molecule has 0 aliphatic heterocycles. The van der Waals surface area contributed by atoms with Crippen LogP contribution >= 0.6 is 0 Å². The van der Waals surface area contributed by atoms with Crippen LogP contribution in [0.4, 0.5) is 13.2 Å².